The lowest BCUT2D eigenvalue weighted by Crippen LogP contribution is -1.95. The van der Waals surface area contributed by atoms with Gasteiger partial charge in [-0.1, -0.05) is 0 Å². The minimum atomic E-state index is -0.211. The second-order valence-electron chi connectivity index (χ2n) is 1.63. The third-order valence-electron chi connectivity index (χ3n) is 0.733. The van der Waals surface area contributed by atoms with Crippen LogP contribution >= 0.6 is 0 Å². The number of hydrogen-bond acceptors (Lipinski definition) is 3. The standard InChI is InChI=1S/C4H8O2.C3H4O/c1-3-6-4(2)5;1-2-4-3-1/h3H2,1-2H3;1-2H,3H2. The molecule has 0 atom stereocenters. The van der Waals surface area contributed by atoms with Crippen LogP contribution in [0.2, 0.25) is 0 Å². The number of carbonyl (C=O) groups excluding carboxylic acids is 1. The zero-order valence-electron chi connectivity index (χ0n) is 6.29. The second-order valence-corrected chi connectivity index (χ2v) is 1.63. The van der Waals surface area contributed by atoms with Crippen molar-refractivity contribution in [3.05, 3.63) is 12.3 Å². The smallest absolute Gasteiger partial charge is 0.302 e. The summed E-state index contributed by atoms with van der Waals surface area (Å²) in [5, 5.41) is 0. The van der Waals surface area contributed by atoms with Crippen LogP contribution in [0.5, 0.6) is 0 Å². The molecular formula is C7H12O3. The normalized spacial score (nSPS) is 11.8. The molecule has 0 fully saturated rings. The van der Waals surface area contributed by atoms with Crippen LogP contribution in [0, 0.1) is 0 Å². The van der Waals surface area contributed by atoms with Gasteiger partial charge in [-0.15, -0.1) is 0 Å². The summed E-state index contributed by atoms with van der Waals surface area (Å²) in [7, 11) is 0. The molecule has 1 aliphatic rings. The summed E-state index contributed by atoms with van der Waals surface area (Å²) < 4.78 is 8.94. The van der Waals surface area contributed by atoms with Crippen molar-refractivity contribution in [2.45, 2.75) is 13.8 Å². The Hall–Kier alpha value is -0.990. The van der Waals surface area contributed by atoms with Gasteiger partial charge in [-0.2, -0.15) is 0 Å². The molecule has 0 bridgehead atoms. The molecule has 0 radical (unpaired) electrons. The maximum Gasteiger partial charge on any atom is 0.302 e. The maximum absolute atomic E-state index is 9.82. The quantitative estimate of drug-likeness (QED) is 0.517. The Balaban J connectivity index is 0.000000172. The van der Waals surface area contributed by atoms with Gasteiger partial charge in [0, 0.05) is 6.92 Å². The lowest BCUT2D eigenvalue weighted by atomic mass is 10.6. The fourth-order valence-electron chi connectivity index (χ4n) is 0.299. The van der Waals surface area contributed by atoms with Gasteiger partial charge in [-0.3, -0.25) is 4.79 Å². The second kappa shape index (κ2) is 6.13. The molecule has 0 aromatic heterocycles. The van der Waals surface area contributed by atoms with Crippen LogP contribution in [0.1, 0.15) is 13.8 Å². The number of esters is 1. The molecule has 0 saturated carbocycles. The molecule has 10 heavy (non-hydrogen) atoms. The Morgan fingerprint density at radius 3 is 2.20 bits per heavy atom. The molecule has 0 unspecified atom stereocenters. The van der Waals surface area contributed by atoms with E-state index >= 15 is 0 Å². The van der Waals surface area contributed by atoms with E-state index in [4.69, 9.17) is 0 Å². The summed E-state index contributed by atoms with van der Waals surface area (Å²) in [5.41, 5.74) is 0. The monoisotopic (exact) mass is 144 g/mol. The van der Waals surface area contributed by atoms with Crippen LogP contribution in [-0.4, -0.2) is 19.2 Å². The minimum Gasteiger partial charge on any atom is -0.497 e. The molecule has 1 aliphatic heterocycles. The van der Waals surface area contributed by atoms with E-state index < -0.39 is 0 Å². The lowest BCUT2D eigenvalue weighted by molar-refractivity contribution is -0.140. The SMILES string of the molecule is C1=COC1.CCOC(C)=O. The molecule has 1 heterocycles. The van der Waals surface area contributed by atoms with Crippen LogP contribution in [-0.2, 0) is 14.3 Å². The van der Waals surface area contributed by atoms with E-state index in [1.807, 2.05) is 6.08 Å². The van der Waals surface area contributed by atoms with E-state index in [0.29, 0.717) is 6.61 Å². The molecule has 0 N–H and O–H groups in total. The first kappa shape index (κ1) is 9.01. The number of hydrogen-bond donors (Lipinski definition) is 0. The van der Waals surface area contributed by atoms with Gasteiger partial charge in [0.15, 0.2) is 0 Å². The third kappa shape index (κ3) is 7.01. The molecule has 3 nitrogen and oxygen atoms in total. The average Bonchev–Trinajstić information content (AvgIpc) is 1.58. The fraction of sp³-hybridized carbons (Fsp3) is 0.571. The molecule has 0 spiro atoms. The van der Waals surface area contributed by atoms with Gasteiger partial charge in [0.1, 0.15) is 6.61 Å². The van der Waals surface area contributed by atoms with Crippen LogP contribution in [0.15, 0.2) is 12.3 Å². The number of rotatable bonds is 1. The Kier molecular flexibility index (Phi) is 5.53. The Labute approximate surface area is 60.6 Å². The molecule has 0 aromatic carbocycles. The van der Waals surface area contributed by atoms with Crippen LogP contribution in [0.3, 0.4) is 0 Å². The molecule has 0 saturated heterocycles. The third-order valence-corrected chi connectivity index (χ3v) is 0.733. The van der Waals surface area contributed by atoms with Crippen LogP contribution in [0.25, 0.3) is 0 Å². The van der Waals surface area contributed by atoms with E-state index in [-0.39, 0.29) is 5.97 Å². The molecule has 0 amide bonds. The van der Waals surface area contributed by atoms with Crippen LogP contribution < -0.4 is 0 Å². The van der Waals surface area contributed by atoms with Gasteiger partial charge >= 0.3 is 5.97 Å². The van der Waals surface area contributed by atoms with Crippen molar-refractivity contribution in [1.82, 2.24) is 0 Å². The van der Waals surface area contributed by atoms with Gasteiger partial charge in [0.25, 0.3) is 0 Å². The van der Waals surface area contributed by atoms with Gasteiger partial charge in [0.05, 0.1) is 12.9 Å². The molecule has 0 aromatic rings. The predicted molar refractivity (Wildman–Crippen MR) is 37.4 cm³/mol. The van der Waals surface area contributed by atoms with Crippen molar-refractivity contribution >= 4 is 5.97 Å². The summed E-state index contributed by atoms with van der Waals surface area (Å²) in [6.07, 6.45) is 3.64. The van der Waals surface area contributed by atoms with Crippen molar-refractivity contribution < 1.29 is 14.3 Å². The van der Waals surface area contributed by atoms with E-state index in [1.54, 1.807) is 13.2 Å². The Bertz CT molecular complexity index is 112. The van der Waals surface area contributed by atoms with E-state index in [9.17, 15) is 4.79 Å². The van der Waals surface area contributed by atoms with Crippen molar-refractivity contribution in [3.63, 3.8) is 0 Å². The largest absolute Gasteiger partial charge is 0.497 e. The van der Waals surface area contributed by atoms with Crippen LogP contribution in [0.4, 0.5) is 0 Å². The maximum atomic E-state index is 9.82. The summed E-state index contributed by atoms with van der Waals surface area (Å²) >= 11 is 0. The fourth-order valence-corrected chi connectivity index (χ4v) is 0.299. The van der Waals surface area contributed by atoms with Gasteiger partial charge in [-0.05, 0) is 13.0 Å². The van der Waals surface area contributed by atoms with Gasteiger partial charge in [0.2, 0.25) is 0 Å². The minimum absolute atomic E-state index is 0.211. The molecule has 0 aliphatic carbocycles. The van der Waals surface area contributed by atoms with E-state index in [1.165, 1.54) is 6.92 Å². The summed E-state index contributed by atoms with van der Waals surface area (Å²) in [6.45, 7) is 4.47. The first-order chi connectivity index (χ1) is 4.77. The van der Waals surface area contributed by atoms with Gasteiger partial charge in [-0.25, -0.2) is 0 Å². The topological polar surface area (TPSA) is 35.5 Å². The highest BCUT2D eigenvalue weighted by Gasteiger charge is 1.81. The first-order valence-corrected chi connectivity index (χ1v) is 3.17. The zero-order chi connectivity index (χ0) is 7.82. The van der Waals surface area contributed by atoms with Crippen molar-refractivity contribution in [2.24, 2.45) is 0 Å². The van der Waals surface area contributed by atoms with Crippen molar-refractivity contribution in [2.75, 3.05) is 13.2 Å². The van der Waals surface area contributed by atoms with Crippen molar-refractivity contribution in [3.8, 4) is 0 Å². The summed E-state index contributed by atoms with van der Waals surface area (Å²) in [4.78, 5) is 9.82. The number of ether oxygens (including phenoxy) is 2. The van der Waals surface area contributed by atoms with E-state index in [2.05, 4.69) is 9.47 Å². The number of carbonyl (C=O) groups is 1. The highest BCUT2D eigenvalue weighted by atomic mass is 16.5. The highest BCUT2D eigenvalue weighted by molar-refractivity contribution is 5.65. The first-order valence-electron chi connectivity index (χ1n) is 3.17. The molecular weight excluding hydrogens is 132 g/mol. The molecule has 1 rings (SSSR count). The lowest BCUT2D eigenvalue weighted by Gasteiger charge is -1.99. The average molecular weight is 144 g/mol. The molecule has 58 valence electrons. The predicted octanol–water partition coefficient (Wildman–Crippen LogP) is 1.10. The van der Waals surface area contributed by atoms with Crippen molar-refractivity contribution in [1.29, 1.82) is 0 Å². The van der Waals surface area contributed by atoms with Gasteiger partial charge < -0.3 is 9.47 Å². The van der Waals surface area contributed by atoms with E-state index in [0.717, 1.165) is 6.61 Å². The highest BCUT2D eigenvalue weighted by Crippen LogP contribution is 1.87. The summed E-state index contributed by atoms with van der Waals surface area (Å²) in [6, 6.07) is 0. The Morgan fingerprint density at radius 1 is 1.80 bits per heavy atom. The Morgan fingerprint density at radius 2 is 2.20 bits per heavy atom. The summed E-state index contributed by atoms with van der Waals surface area (Å²) in [5.74, 6) is -0.211. The zero-order valence-corrected chi connectivity index (χ0v) is 6.29. The molecule has 3 heteroatoms.